The predicted molar refractivity (Wildman–Crippen MR) is 116 cm³/mol. The Morgan fingerprint density at radius 3 is 2.77 bits per heavy atom. The van der Waals surface area contributed by atoms with Crippen LogP contribution in [0.5, 0.6) is 0 Å². The second kappa shape index (κ2) is 8.00. The van der Waals surface area contributed by atoms with Gasteiger partial charge in [0, 0.05) is 18.3 Å². The maximum absolute atomic E-state index is 12.9. The first-order valence-electron chi connectivity index (χ1n) is 9.92. The Morgan fingerprint density at radius 1 is 1.29 bits per heavy atom. The van der Waals surface area contributed by atoms with Crippen LogP contribution in [0.3, 0.4) is 0 Å². The Labute approximate surface area is 180 Å². The molecule has 0 aliphatic carbocycles. The maximum Gasteiger partial charge on any atom is 0.255 e. The Morgan fingerprint density at radius 2 is 2.10 bits per heavy atom. The fourth-order valence-corrected chi connectivity index (χ4v) is 5.31. The minimum atomic E-state index is -3.09. The number of nitrogens with one attached hydrogen (secondary N) is 2. The zero-order chi connectivity index (χ0) is 22.2. The molecule has 1 saturated heterocycles. The number of sulfone groups is 1. The van der Waals surface area contributed by atoms with Crippen LogP contribution in [0, 0.1) is 11.3 Å². The minimum absolute atomic E-state index is 0.0380. The smallest absolute Gasteiger partial charge is 0.255 e. The maximum atomic E-state index is 12.9. The van der Waals surface area contributed by atoms with E-state index in [1.165, 1.54) is 12.4 Å². The van der Waals surface area contributed by atoms with Crippen LogP contribution in [0.1, 0.15) is 36.2 Å². The normalized spacial score (nSPS) is 17.5. The molecule has 0 saturated carbocycles. The molecule has 2 N–H and O–H groups in total. The largest absolute Gasteiger partial charge is 0.382 e. The number of carbonyl (C=O) groups is 1. The Balaban J connectivity index is 1.68. The number of hydrogen-bond acceptors (Lipinski definition) is 7. The molecule has 4 heterocycles. The van der Waals surface area contributed by atoms with Gasteiger partial charge < -0.3 is 10.6 Å². The molecule has 3 aromatic rings. The van der Waals surface area contributed by atoms with E-state index in [0.29, 0.717) is 28.9 Å². The van der Waals surface area contributed by atoms with Crippen LogP contribution in [0.4, 0.5) is 5.69 Å². The first kappa shape index (κ1) is 20.8. The van der Waals surface area contributed by atoms with Crippen molar-refractivity contribution in [2.45, 2.75) is 32.4 Å². The molecule has 31 heavy (non-hydrogen) atoms. The standard InChI is InChI=1S/C21H22N6O3S/c1-13(2)25-18-8-19(20-4-3-16-7-14(9-22)10-24-27(16)20)23-11-17(18)21(28)26-15-5-6-31(29,30)12-15/h3-4,7-8,10-11,13,15H,5-6,12H2,1-2H3,(H,23,25)(H,26,28). The fraction of sp³-hybridized carbons (Fsp3) is 0.333. The monoisotopic (exact) mass is 438 g/mol. The van der Waals surface area contributed by atoms with Crippen LogP contribution >= 0.6 is 0 Å². The van der Waals surface area contributed by atoms with Crippen LogP contribution < -0.4 is 10.6 Å². The summed E-state index contributed by atoms with van der Waals surface area (Å²) >= 11 is 0. The van der Waals surface area contributed by atoms with Gasteiger partial charge in [-0.2, -0.15) is 10.4 Å². The molecule has 1 atom stereocenters. The van der Waals surface area contributed by atoms with Gasteiger partial charge in [-0.25, -0.2) is 12.9 Å². The molecule has 10 heteroatoms. The summed E-state index contributed by atoms with van der Waals surface area (Å²) in [5, 5.41) is 19.5. The minimum Gasteiger partial charge on any atom is -0.382 e. The lowest BCUT2D eigenvalue weighted by molar-refractivity contribution is 0.0941. The van der Waals surface area contributed by atoms with E-state index in [2.05, 4.69) is 26.8 Å². The number of nitriles is 1. The highest BCUT2D eigenvalue weighted by Gasteiger charge is 2.30. The van der Waals surface area contributed by atoms with Gasteiger partial charge in [-0.3, -0.25) is 9.78 Å². The van der Waals surface area contributed by atoms with E-state index in [9.17, 15) is 13.2 Å². The van der Waals surface area contributed by atoms with Crippen molar-refractivity contribution in [3.63, 3.8) is 0 Å². The number of amides is 1. The average Bonchev–Trinajstić information content (AvgIpc) is 3.29. The van der Waals surface area contributed by atoms with Gasteiger partial charge in [-0.15, -0.1) is 0 Å². The predicted octanol–water partition coefficient (Wildman–Crippen LogP) is 2.01. The summed E-state index contributed by atoms with van der Waals surface area (Å²) in [6, 6.07) is 8.96. The third-order valence-electron chi connectivity index (χ3n) is 5.05. The number of rotatable bonds is 5. The van der Waals surface area contributed by atoms with E-state index < -0.39 is 15.9 Å². The van der Waals surface area contributed by atoms with Crippen molar-refractivity contribution >= 4 is 26.9 Å². The van der Waals surface area contributed by atoms with Crippen molar-refractivity contribution in [2.75, 3.05) is 16.8 Å². The molecule has 1 fully saturated rings. The number of anilines is 1. The molecule has 0 aromatic carbocycles. The van der Waals surface area contributed by atoms with Crippen molar-refractivity contribution in [3.8, 4) is 17.5 Å². The van der Waals surface area contributed by atoms with Crippen molar-refractivity contribution in [1.29, 1.82) is 5.26 Å². The zero-order valence-corrected chi connectivity index (χ0v) is 18.0. The van der Waals surface area contributed by atoms with E-state index in [1.54, 1.807) is 16.6 Å². The van der Waals surface area contributed by atoms with Crippen molar-refractivity contribution in [1.82, 2.24) is 19.9 Å². The summed E-state index contributed by atoms with van der Waals surface area (Å²) in [4.78, 5) is 17.3. The number of carbonyl (C=O) groups excluding carboxylic acids is 1. The molecular formula is C21H22N6O3S. The van der Waals surface area contributed by atoms with E-state index in [0.717, 1.165) is 11.2 Å². The molecule has 3 aromatic heterocycles. The van der Waals surface area contributed by atoms with Crippen LogP contribution in [-0.2, 0) is 9.84 Å². The van der Waals surface area contributed by atoms with Gasteiger partial charge in [0.05, 0.1) is 51.4 Å². The first-order valence-corrected chi connectivity index (χ1v) is 11.7. The molecule has 1 unspecified atom stereocenters. The second-order valence-corrected chi connectivity index (χ2v) is 10.1. The first-order chi connectivity index (χ1) is 14.8. The summed E-state index contributed by atoms with van der Waals surface area (Å²) in [7, 11) is -3.09. The summed E-state index contributed by atoms with van der Waals surface area (Å²) in [5.41, 5.74) is 3.51. The molecule has 160 valence electrons. The number of nitrogens with zero attached hydrogens (tertiary/aromatic N) is 4. The SMILES string of the molecule is CC(C)Nc1cc(-c2ccc3cc(C#N)cnn23)ncc1C(=O)NC1CCS(=O)(=O)C1. The van der Waals surface area contributed by atoms with Crippen molar-refractivity contribution < 1.29 is 13.2 Å². The highest BCUT2D eigenvalue weighted by Crippen LogP contribution is 2.26. The van der Waals surface area contributed by atoms with Gasteiger partial charge in [-0.1, -0.05) is 0 Å². The third kappa shape index (κ3) is 4.36. The topological polar surface area (TPSA) is 129 Å². The van der Waals surface area contributed by atoms with Crippen LogP contribution in [0.15, 0.2) is 36.7 Å². The quantitative estimate of drug-likeness (QED) is 0.623. The Hall–Kier alpha value is -3.45. The van der Waals surface area contributed by atoms with Gasteiger partial charge in [0.15, 0.2) is 9.84 Å². The molecule has 4 rings (SSSR count). The number of hydrogen-bond donors (Lipinski definition) is 2. The van der Waals surface area contributed by atoms with Crippen LogP contribution in [0.2, 0.25) is 0 Å². The molecule has 0 spiro atoms. The number of fused-ring (bicyclic) bond motifs is 1. The van der Waals surface area contributed by atoms with E-state index in [-0.39, 0.29) is 23.5 Å². The summed E-state index contributed by atoms with van der Waals surface area (Å²) < 4.78 is 25.1. The lowest BCUT2D eigenvalue weighted by atomic mass is 10.1. The van der Waals surface area contributed by atoms with Gasteiger partial charge in [0.1, 0.15) is 6.07 Å². The van der Waals surface area contributed by atoms with Crippen molar-refractivity contribution in [2.24, 2.45) is 0 Å². The molecule has 1 amide bonds. The van der Waals surface area contributed by atoms with Crippen molar-refractivity contribution in [3.05, 3.63) is 47.8 Å². The molecule has 1 aliphatic rings. The average molecular weight is 439 g/mol. The molecule has 0 radical (unpaired) electrons. The van der Waals surface area contributed by atoms with Gasteiger partial charge in [0.25, 0.3) is 5.91 Å². The summed E-state index contributed by atoms with van der Waals surface area (Å²) in [6.45, 7) is 3.92. The summed E-state index contributed by atoms with van der Waals surface area (Å²) in [5.74, 6) is -0.307. The molecule has 0 bridgehead atoms. The number of pyridine rings is 1. The Kier molecular flexibility index (Phi) is 5.37. The van der Waals surface area contributed by atoms with Gasteiger partial charge in [0.2, 0.25) is 0 Å². The van der Waals surface area contributed by atoms with Gasteiger partial charge >= 0.3 is 0 Å². The highest BCUT2D eigenvalue weighted by atomic mass is 32.2. The van der Waals surface area contributed by atoms with Crippen LogP contribution in [-0.4, -0.2) is 52.5 Å². The lowest BCUT2D eigenvalue weighted by Gasteiger charge is -2.17. The second-order valence-electron chi connectivity index (χ2n) is 7.90. The van der Waals surface area contributed by atoms with E-state index >= 15 is 0 Å². The summed E-state index contributed by atoms with van der Waals surface area (Å²) in [6.07, 6.45) is 3.39. The molecular weight excluding hydrogens is 416 g/mol. The van der Waals surface area contributed by atoms with Crippen LogP contribution in [0.25, 0.3) is 16.9 Å². The third-order valence-corrected chi connectivity index (χ3v) is 6.82. The molecule has 9 nitrogen and oxygen atoms in total. The molecule has 1 aliphatic heterocycles. The lowest BCUT2D eigenvalue weighted by Crippen LogP contribution is -2.36. The Bertz CT molecular complexity index is 1310. The highest BCUT2D eigenvalue weighted by molar-refractivity contribution is 7.91. The zero-order valence-electron chi connectivity index (χ0n) is 17.2. The van der Waals surface area contributed by atoms with Gasteiger partial charge in [-0.05, 0) is 44.5 Å². The fourth-order valence-electron chi connectivity index (χ4n) is 3.63. The number of aromatic nitrogens is 3. The van der Waals surface area contributed by atoms with E-state index in [1.807, 2.05) is 26.0 Å². The van der Waals surface area contributed by atoms with E-state index in [4.69, 9.17) is 5.26 Å².